The van der Waals surface area contributed by atoms with Crippen molar-refractivity contribution < 1.29 is 56.3 Å². The van der Waals surface area contributed by atoms with Gasteiger partial charge in [-0.15, -0.1) is 0 Å². The molecule has 0 aliphatic carbocycles. The summed E-state index contributed by atoms with van der Waals surface area (Å²) in [5, 5.41) is 12.4. The number of aliphatic hydroxyl groups excluding tert-OH is 1. The lowest BCUT2D eigenvalue weighted by Gasteiger charge is -2.27. The maximum atomic E-state index is 12.1. The van der Waals surface area contributed by atoms with Crippen LogP contribution in [0, 0.1) is 11.3 Å². The highest BCUT2D eigenvalue weighted by Crippen LogP contribution is 2.66. The monoisotopic (exact) mass is 541 g/mol. The Hall–Kier alpha value is -1.25. The number of phosphoric ester groups is 1. The lowest BCUT2D eigenvalue weighted by Crippen LogP contribution is -2.55. The van der Waals surface area contributed by atoms with Crippen molar-refractivity contribution >= 4 is 41.0 Å². The lowest BCUT2D eigenvalue weighted by molar-refractivity contribution is -0.0471. The molecule has 9 N–H and O–H groups in total. The van der Waals surface area contributed by atoms with Gasteiger partial charge in [-0.2, -0.15) is 13.6 Å². The highest BCUT2D eigenvalue weighted by molar-refractivity contribution is 7.66. The molecule has 1 aromatic rings. The van der Waals surface area contributed by atoms with E-state index in [0.29, 0.717) is 4.57 Å². The number of phosphoric acid groups is 3. The topological polar surface area (TPSA) is 289 Å². The number of hydrogen-bond donors (Lipinski definition) is 7. The Morgan fingerprint density at radius 2 is 1.88 bits per heavy atom. The second-order valence-corrected chi connectivity index (χ2v) is 10.5. The zero-order valence-electron chi connectivity index (χ0n) is 15.2. The highest BCUT2D eigenvalue weighted by atomic mass is 35.5. The Labute approximate surface area is 182 Å². The predicted octanol–water partition coefficient (Wildman–Crippen LogP) is -2.28. The van der Waals surface area contributed by atoms with Gasteiger partial charge in [0.15, 0.2) is 11.8 Å². The number of aliphatic hydroxyl groups is 1. The van der Waals surface area contributed by atoms with Crippen LogP contribution in [0.2, 0.25) is 0 Å². The van der Waals surface area contributed by atoms with Crippen molar-refractivity contribution in [3.8, 4) is 11.3 Å². The number of hydrogen-bond acceptors (Lipinski definition) is 13. The molecule has 1 fully saturated rings. The third-order valence-corrected chi connectivity index (χ3v) is 7.53. The Morgan fingerprint density at radius 1 is 1.25 bits per heavy atom. The van der Waals surface area contributed by atoms with Crippen LogP contribution in [-0.4, -0.2) is 63.6 Å². The molecular weight excluding hydrogens is 527 g/mol. The largest absolute Gasteiger partial charge is 0.490 e. The summed E-state index contributed by atoms with van der Waals surface area (Å²) in [6, 6.07) is 0. The van der Waals surface area contributed by atoms with E-state index in [2.05, 4.69) is 29.0 Å². The van der Waals surface area contributed by atoms with Crippen molar-refractivity contribution in [2.24, 2.45) is 5.73 Å². The van der Waals surface area contributed by atoms with Gasteiger partial charge in [0.1, 0.15) is 18.5 Å². The number of nitrogen functional groups attached to an aromatic ring is 1. The van der Waals surface area contributed by atoms with Gasteiger partial charge in [-0.25, -0.2) is 23.5 Å². The van der Waals surface area contributed by atoms with Gasteiger partial charge < -0.3 is 40.9 Å². The van der Waals surface area contributed by atoms with E-state index in [1.807, 2.05) is 5.38 Å². The average Bonchev–Trinajstić information content (AvgIpc) is 2.82. The number of nitrogens with zero attached hydrogens (tertiary/aromatic N) is 3. The van der Waals surface area contributed by atoms with Crippen molar-refractivity contribution in [2.45, 2.75) is 24.0 Å². The van der Waals surface area contributed by atoms with Crippen LogP contribution in [0.5, 0.6) is 0 Å². The van der Waals surface area contributed by atoms with Gasteiger partial charge in [0.25, 0.3) is 0 Å². The molecule has 0 aromatic carbocycles. The number of nitrogens with two attached hydrogens (primary N) is 2. The van der Waals surface area contributed by atoms with Crippen LogP contribution >= 0.6 is 35.1 Å². The van der Waals surface area contributed by atoms with E-state index < -0.39 is 59.7 Å². The molecule has 1 aliphatic heterocycles. The van der Waals surface area contributed by atoms with Gasteiger partial charge >= 0.3 is 29.2 Å². The quantitative estimate of drug-likeness (QED) is 0.135. The third kappa shape index (κ3) is 6.64. The van der Waals surface area contributed by atoms with Crippen molar-refractivity contribution in [2.75, 3.05) is 12.3 Å². The van der Waals surface area contributed by atoms with Crippen molar-refractivity contribution in [3.63, 3.8) is 0 Å². The zero-order valence-corrected chi connectivity index (χ0v) is 18.7. The second-order valence-electron chi connectivity index (χ2n) is 5.92. The van der Waals surface area contributed by atoms with Crippen LogP contribution in [0.3, 0.4) is 0 Å². The Kier molecular flexibility index (Phi) is 8.06. The minimum Gasteiger partial charge on any atom is -0.387 e. The fourth-order valence-electron chi connectivity index (χ4n) is 2.44. The van der Waals surface area contributed by atoms with Crippen LogP contribution in [0.1, 0.15) is 6.23 Å². The summed E-state index contributed by atoms with van der Waals surface area (Å²) in [5.74, 6) is 1.83. The molecule has 2 heterocycles. The molecule has 0 saturated carbocycles. The summed E-state index contributed by atoms with van der Waals surface area (Å²) >= 11 is 5.36. The summed E-state index contributed by atoms with van der Waals surface area (Å²) in [5.41, 5.74) is 8.16. The first kappa shape index (κ1) is 27.0. The summed E-state index contributed by atoms with van der Waals surface area (Å²) < 4.78 is 51.4. The van der Waals surface area contributed by atoms with Gasteiger partial charge in [0.2, 0.25) is 5.95 Å². The average molecular weight is 542 g/mol. The number of anilines is 1. The molecule has 2 rings (SSSR count). The van der Waals surface area contributed by atoms with E-state index in [4.69, 9.17) is 42.5 Å². The molecule has 32 heavy (non-hydrogen) atoms. The fraction of sp³-hybridized carbons (Fsp3) is 0.500. The molecule has 1 saturated heterocycles. The molecule has 180 valence electrons. The lowest BCUT2D eigenvalue weighted by atomic mass is 9.92. The highest BCUT2D eigenvalue weighted by Gasteiger charge is 2.55. The molecule has 1 aromatic heterocycles. The molecule has 6 atom stereocenters. The number of aromatic nitrogens is 3. The first-order valence-electron chi connectivity index (χ1n) is 7.74. The third-order valence-electron chi connectivity index (χ3n) is 3.63. The van der Waals surface area contributed by atoms with Crippen LogP contribution < -0.4 is 17.2 Å². The van der Waals surface area contributed by atoms with E-state index in [0.717, 1.165) is 6.33 Å². The Bertz CT molecular complexity index is 1130. The minimum absolute atomic E-state index is 0.389. The van der Waals surface area contributed by atoms with Crippen molar-refractivity contribution in [3.05, 3.63) is 16.8 Å². The smallest absolute Gasteiger partial charge is 0.387 e. The van der Waals surface area contributed by atoms with Gasteiger partial charge in [-0.3, -0.25) is 9.09 Å². The van der Waals surface area contributed by atoms with Crippen LogP contribution in [0.15, 0.2) is 11.1 Å². The molecular formula is C10H15ClN5O13P3. The fourth-order valence-corrected chi connectivity index (χ4v) is 5.63. The molecule has 1 aliphatic rings. The summed E-state index contributed by atoms with van der Waals surface area (Å²) in [4.78, 5) is 54.7. The normalized spacial score (nSPS) is 29.5. The summed E-state index contributed by atoms with van der Waals surface area (Å²) in [6.45, 7) is -1.07. The number of ether oxygens (including phenoxy) is 1. The first-order chi connectivity index (χ1) is 14.5. The van der Waals surface area contributed by atoms with Gasteiger partial charge in [-0.05, 0) is 11.6 Å². The van der Waals surface area contributed by atoms with E-state index in [9.17, 15) is 28.5 Å². The number of rotatable bonds is 8. The molecule has 0 amide bonds. The minimum atomic E-state index is -5.76. The maximum Gasteiger partial charge on any atom is 0.490 e. The molecule has 0 spiro atoms. The standard InChI is InChI=1S/C10H15ClN5O13P3/c11-2-1-10(13)6(17)5(27-7(10)16-4-14-8(12)15-9(16)18)3-26-31(22,23)29-32(24,25)28-30(19,20)21/h4-7,17H,3,13H2,(H,22,23)(H,24,25)(H2,12,15,18)(H2,19,20,21)/t5-,6?,7-,10?/m1/s1. The van der Waals surface area contributed by atoms with Crippen LogP contribution in [0.4, 0.5) is 5.95 Å². The first-order valence-corrected chi connectivity index (χ1v) is 12.6. The molecule has 4 unspecified atom stereocenters. The van der Waals surface area contributed by atoms with E-state index in [1.54, 1.807) is 0 Å². The van der Waals surface area contributed by atoms with Crippen molar-refractivity contribution in [1.29, 1.82) is 0 Å². The van der Waals surface area contributed by atoms with Crippen LogP contribution in [0.25, 0.3) is 0 Å². The molecule has 22 heteroatoms. The van der Waals surface area contributed by atoms with Gasteiger partial charge in [0.05, 0.1) is 6.61 Å². The Morgan fingerprint density at radius 3 is 2.41 bits per heavy atom. The maximum absolute atomic E-state index is 12.1. The zero-order chi connectivity index (χ0) is 24.5. The molecule has 0 bridgehead atoms. The van der Waals surface area contributed by atoms with Crippen LogP contribution in [-0.2, 0) is 31.6 Å². The van der Waals surface area contributed by atoms with E-state index in [1.165, 1.54) is 0 Å². The molecule has 0 radical (unpaired) electrons. The van der Waals surface area contributed by atoms with Gasteiger partial charge in [-0.1, -0.05) is 5.92 Å². The van der Waals surface area contributed by atoms with Crippen molar-refractivity contribution in [1.82, 2.24) is 14.5 Å². The molecule has 18 nitrogen and oxygen atoms in total. The van der Waals surface area contributed by atoms with Gasteiger partial charge in [0, 0.05) is 5.38 Å². The predicted molar refractivity (Wildman–Crippen MR) is 101 cm³/mol. The Balaban J connectivity index is 2.23. The second kappa shape index (κ2) is 9.55. The summed E-state index contributed by atoms with van der Waals surface area (Å²) in [6.07, 6.45) is -4.23. The summed E-state index contributed by atoms with van der Waals surface area (Å²) in [7, 11) is -16.9. The van der Waals surface area contributed by atoms with E-state index >= 15 is 0 Å². The SMILES string of the molecule is Nc1ncn([C@@H]2O[C@H](COP(=O)(O)OP(=O)(O)OP(=O)(O)O)C(O)C2(N)C#CCl)c(=O)n1. The number of halogens is 1. The van der Waals surface area contributed by atoms with E-state index in [-0.39, 0.29) is 5.95 Å².